The number of nitrogens with two attached hydrogens (primary N) is 1. The first-order chi connectivity index (χ1) is 6.42. The summed E-state index contributed by atoms with van der Waals surface area (Å²) >= 11 is 0. The van der Waals surface area contributed by atoms with Crippen LogP contribution in [-0.2, 0) is 6.42 Å². The predicted octanol–water partition coefficient (Wildman–Crippen LogP) is 1.87. The summed E-state index contributed by atoms with van der Waals surface area (Å²) in [6.45, 7) is 3.23. The molecule has 76 valence electrons. The maximum absolute atomic E-state index is 10.7. The molecule has 0 fully saturated rings. The Morgan fingerprint density at radius 3 is 2.29 bits per heavy atom. The molecule has 14 heavy (non-hydrogen) atoms. The van der Waals surface area contributed by atoms with Gasteiger partial charge in [0.2, 0.25) is 5.54 Å². The van der Waals surface area contributed by atoms with Crippen LogP contribution in [-0.4, -0.2) is 10.5 Å². The monoisotopic (exact) mass is 194 g/mol. The molecule has 0 aromatic heterocycles. The van der Waals surface area contributed by atoms with Crippen molar-refractivity contribution in [3.63, 3.8) is 0 Å². The fraction of sp³-hybridized carbons (Fsp3) is 0.400. The van der Waals surface area contributed by atoms with E-state index >= 15 is 0 Å². The van der Waals surface area contributed by atoms with Gasteiger partial charge in [-0.05, 0) is 17.7 Å². The average molecular weight is 194 g/mol. The maximum atomic E-state index is 10.7. The second kappa shape index (κ2) is 3.65. The zero-order chi connectivity index (χ0) is 10.8. The molecule has 0 unspecified atom stereocenters. The van der Waals surface area contributed by atoms with Gasteiger partial charge < -0.3 is 5.73 Å². The summed E-state index contributed by atoms with van der Waals surface area (Å²) in [5, 5.41) is 10.7. The molecule has 1 rings (SSSR count). The summed E-state index contributed by atoms with van der Waals surface area (Å²) < 4.78 is 0. The normalized spacial score (nSPS) is 11.3. The lowest BCUT2D eigenvalue weighted by Gasteiger charge is -2.15. The molecule has 0 aliphatic heterocycles. The van der Waals surface area contributed by atoms with Crippen molar-refractivity contribution in [2.75, 3.05) is 5.73 Å². The molecule has 0 aliphatic rings. The molecular weight excluding hydrogens is 180 g/mol. The van der Waals surface area contributed by atoms with Gasteiger partial charge in [0.05, 0.1) is 0 Å². The van der Waals surface area contributed by atoms with Crippen molar-refractivity contribution in [2.24, 2.45) is 0 Å². The Morgan fingerprint density at radius 2 is 1.86 bits per heavy atom. The molecule has 1 aromatic rings. The summed E-state index contributed by atoms with van der Waals surface area (Å²) in [7, 11) is 0. The van der Waals surface area contributed by atoms with Crippen LogP contribution in [0.25, 0.3) is 0 Å². The molecule has 4 nitrogen and oxygen atoms in total. The molecule has 0 spiro atoms. The Kier molecular flexibility index (Phi) is 2.74. The van der Waals surface area contributed by atoms with E-state index in [9.17, 15) is 10.1 Å². The zero-order valence-corrected chi connectivity index (χ0v) is 8.36. The smallest absolute Gasteiger partial charge is 0.220 e. The molecule has 4 heteroatoms. The van der Waals surface area contributed by atoms with Crippen molar-refractivity contribution in [3.8, 4) is 0 Å². The number of hydrogen-bond acceptors (Lipinski definition) is 3. The first-order valence-electron chi connectivity index (χ1n) is 4.41. The summed E-state index contributed by atoms with van der Waals surface area (Å²) in [6.07, 6.45) is 0.417. The summed E-state index contributed by atoms with van der Waals surface area (Å²) in [5.74, 6) is 0. The third-order valence-electron chi connectivity index (χ3n) is 2.11. The Bertz CT molecular complexity index is 330. The molecule has 0 saturated heterocycles. The van der Waals surface area contributed by atoms with E-state index < -0.39 is 5.54 Å². The minimum Gasteiger partial charge on any atom is -0.399 e. The number of nitro groups is 1. The van der Waals surface area contributed by atoms with E-state index in [-0.39, 0.29) is 4.92 Å². The van der Waals surface area contributed by atoms with Crippen molar-refractivity contribution in [1.82, 2.24) is 0 Å². The first-order valence-corrected chi connectivity index (χ1v) is 4.41. The molecule has 0 saturated carbocycles. The lowest BCUT2D eigenvalue weighted by molar-refractivity contribution is -0.560. The number of hydrogen-bond donors (Lipinski definition) is 1. The highest BCUT2D eigenvalue weighted by molar-refractivity contribution is 5.39. The lowest BCUT2D eigenvalue weighted by atomic mass is 9.96. The summed E-state index contributed by atoms with van der Waals surface area (Å²) in [6, 6.07) is 7.15. The SMILES string of the molecule is CC(C)(Cc1ccc(N)cc1)[N+](=O)[O-]. The van der Waals surface area contributed by atoms with Gasteiger partial charge >= 0.3 is 0 Å². The van der Waals surface area contributed by atoms with Crippen molar-refractivity contribution in [1.29, 1.82) is 0 Å². The highest BCUT2D eigenvalue weighted by atomic mass is 16.6. The van der Waals surface area contributed by atoms with E-state index in [0.29, 0.717) is 12.1 Å². The number of anilines is 1. The van der Waals surface area contributed by atoms with E-state index in [1.54, 1.807) is 26.0 Å². The number of nitrogen functional groups attached to an aromatic ring is 1. The molecule has 0 radical (unpaired) electrons. The van der Waals surface area contributed by atoms with E-state index in [0.717, 1.165) is 5.56 Å². The van der Waals surface area contributed by atoms with E-state index in [1.807, 2.05) is 12.1 Å². The fourth-order valence-electron chi connectivity index (χ4n) is 1.20. The fourth-order valence-corrected chi connectivity index (χ4v) is 1.20. The minimum absolute atomic E-state index is 0.261. The number of nitrogens with zero attached hydrogens (tertiary/aromatic N) is 1. The van der Waals surface area contributed by atoms with Crippen LogP contribution >= 0.6 is 0 Å². The zero-order valence-electron chi connectivity index (χ0n) is 8.36. The van der Waals surface area contributed by atoms with Gasteiger partial charge in [0.15, 0.2) is 0 Å². The Labute approximate surface area is 82.9 Å². The average Bonchev–Trinajstić information content (AvgIpc) is 2.08. The van der Waals surface area contributed by atoms with Gasteiger partial charge in [0, 0.05) is 30.9 Å². The quantitative estimate of drug-likeness (QED) is 0.453. The second-order valence-electron chi connectivity index (χ2n) is 3.99. The number of benzene rings is 1. The van der Waals surface area contributed by atoms with Crippen molar-refractivity contribution >= 4 is 5.69 Å². The second-order valence-corrected chi connectivity index (χ2v) is 3.99. The Balaban J connectivity index is 2.79. The van der Waals surface area contributed by atoms with Gasteiger partial charge in [-0.15, -0.1) is 0 Å². The lowest BCUT2D eigenvalue weighted by Crippen LogP contribution is -2.33. The maximum Gasteiger partial charge on any atom is 0.220 e. The Hall–Kier alpha value is -1.58. The van der Waals surface area contributed by atoms with Crippen LogP contribution < -0.4 is 5.73 Å². The predicted molar refractivity (Wildman–Crippen MR) is 55.6 cm³/mol. The van der Waals surface area contributed by atoms with Crippen LogP contribution in [0.4, 0.5) is 5.69 Å². The standard InChI is InChI=1S/C10H14N2O2/c1-10(2,12(13)14)7-8-3-5-9(11)6-4-8/h3-6H,7,11H2,1-2H3. The van der Waals surface area contributed by atoms with Crippen molar-refractivity contribution in [3.05, 3.63) is 39.9 Å². The molecular formula is C10H14N2O2. The van der Waals surface area contributed by atoms with Crippen LogP contribution in [0.5, 0.6) is 0 Å². The van der Waals surface area contributed by atoms with Gasteiger partial charge in [0.25, 0.3) is 0 Å². The highest BCUT2D eigenvalue weighted by Gasteiger charge is 2.30. The molecule has 0 heterocycles. The van der Waals surface area contributed by atoms with Gasteiger partial charge in [0.1, 0.15) is 0 Å². The van der Waals surface area contributed by atoms with Crippen LogP contribution in [0.1, 0.15) is 19.4 Å². The summed E-state index contributed by atoms with van der Waals surface area (Å²) in [5.41, 5.74) is 6.20. The molecule has 1 aromatic carbocycles. The van der Waals surface area contributed by atoms with E-state index in [1.165, 1.54) is 0 Å². The highest BCUT2D eigenvalue weighted by Crippen LogP contribution is 2.16. The Morgan fingerprint density at radius 1 is 1.36 bits per heavy atom. The molecule has 0 bridgehead atoms. The molecule has 0 atom stereocenters. The van der Waals surface area contributed by atoms with Gasteiger partial charge in [-0.3, -0.25) is 10.1 Å². The largest absolute Gasteiger partial charge is 0.399 e. The summed E-state index contributed by atoms with van der Waals surface area (Å²) in [4.78, 5) is 10.4. The van der Waals surface area contributed by atoms with Crippen LogP contribution in [0, 0.1) is 10.1 Å². The van der Waals surface area contributed by atoms with E-state index in [4.69, 9.17) is 5.73 Å². The van der Waals surface area contributed by atoms with Crippen LogP contribution in [0.2, 0.25) is 0 Å². The topological polar surface area (TPSA) is 69.2 Å². The van der Waals surface area contributed by atoms with Crippen LogP contribution in [0.3, 0.4) is 0 Å². The first kappa shape index (κ1) is 10.5. The van der Waals surface area contributed by atoms with Crippen molar-refractivity contribution < 1.29 is 4.92 Å². The van der Waals surface area contributed by atoms with E-state index in [2.05, 4.69) is 0 Å². The number of rotatable bonds is 3. The molecule has 0 amide bonds. The van der Waals surface area contributed by atoms with Crippen molar-refractivity contribution in [2.45, 2.75) is 25.8 Å². The van der Waals surface area contributed by atoms with Gasteiger partial charge in [-0.1, -0.05) is 12.1 Å². The third-order valence-corrected chi connectivity index (χ3v) is 2.11. The minimum atomic E-state index is -0.921. The van der Waals surface area contributed by atoms with Gasteiger partial charge in [-0.2, -0.15) is 0 Å². The molecule has 0 aliphatic carbocycles. The molecule has 2 N–H and O–H groups in total. The van der Waals surface area contributed by atoms with Gasteiger partial charge in [-0.25, -0.2) is 0 Å². The van der Waals surface area contributed by atoms with Crippen LogP contribution in [0.15, 0.2) is 24.3 Å². The third kappa shape index (κ3) is 2.45.